The normalized spacial score (nSPS) is 10.9. The lowest BCUT2D eigenvalue weighted by atomic mass is 10.1. The van der Waals surface area contributed by atoms with Crippen molar-refractivity contribution in [1.82, 2.24) is 5.43 Å². The van der Waals surface area contributed by atoms with Crippen molar-refractivity contribution in [2.75, 3.05) is 5.32 Å². The number of carbonyl (C=O) groups excluding carboxylic acids is 1. The van der Waals surface area contributed by atoms with E-state index in [-0.39, 0.29) is 5.69 Å². The van der Waals surface area contributed by atoms with Crippen LogP contribution in [0.25, 0.3) is 0 Å². The van der Waals surface area contributed by atoms with Gasteiger partial charge in [-0.25, -0.2) is 10.2 Å². The number of rotatable bonds is 4. The number of benzene rings is 2. The van der Waals surface area contributed by atoms with Crippen molar-refractivity contribution in [2.24, 2.45) is 5.10 Å². The number of non-ortho nitro benzene ring substituents is 1. The number of para-hydroxylation sites is 1. The van der Waals surface area contributed by atoms with Crippen molar-refractivity contribution in [1.29, 1.82) is 0 Å². The van der Waals surface area contributed by atoms with Crippen molar-refractivity contribution in [3.8, 4) is 0 Å². The van der Waals surface area contributed by atoms with Crippen LogP contribution in [-0.4, -0.2) is 16.7 Å². The standard InChI is InChI=1S/C15H14N4O3/c1-11(12-6-5-9-14(10-12)19(21)22)17-18-15(20)16-13-7-3-2-4-8-13/h2-10H,1H3,(H2,16,18,20)/b17-11-. The van der Waals surface area contributed by atoms with Gasteiger partial charge in [0.15, 0.2) is 0 Å². The summed E-state index contributed by atoms with van der Waals surface area (Å²) in [4.78, 5) is 21.9. The fourth-order valence-corrected chi connectivity index (χ4v) is 1.72. The minimum atomic E-state index is -0.490. The molecule has 0 bridgehead atoms. The molecule has 0 aromatic heterocycles. The average molecular weight is 298 g/mol. The Hall–Kier alpha value is -3.22. The van der Waals surface area contributed by atoms with Gasteiger partial charge in [-0.15, -0.1) is 0 Å². The van der Waals surface area contributed by atoms with Crippen molar-refractivity contribution in [3.63, 3.8) is 0 Å². The molecule has 0 aliphatic heterocycles. The zero-order valence-electron chi connectivity index (χ0n) is 11.8. The third-order valence-electron chi connectivity index (χ3n) is 2.83. The molecule has 0 fully saturated rings. The summed E-state index contributed by atoms with van der Waals surface area (Å²) in [5, 5.41) is 17.3. The summed E-state index contributed by atoms with van der Waals surface area (Å²) < 4.78 is 0. The molecule has 7 nitrogen and oxygen atoms in total. The lowest BCUT2D eigenvalue weighted by molar-refractivity contribution is -0.384. The van der Waals surface area contributed by atoms with Crippen molar-refractivity contribution < 1.29 is 9.72 Å². The van der Waals surface area contributed by atoms with Crippen molar-refractivity contribution in [2.45, 2.75) is 6.92 Å². The first-order valence-electron chi connectivity index (χ1n) is 6.47. The molecule has 0 heterocycles. The molecular weight excluding hydrogens is 284 g/mol. The largest absolute Gasteiger partial charge is 0.339 e. The van der Waals surface area contributed by atoms with E-state index in [1.54, 1.807) is 43.3 Å². The van der Waals surface area contributed by atoms with E-state index in [0.717, 1.165) is 0 Å². The van der Waals surface area contributed by atoms with Crippen LogP contribution in [0.5, 0.6) is 0 Å². The third-order valence-corrected chi connectivity index (χ3v) is 2.83. The second-order valence-electron chi connectivity index (χ2n) is 4.44. The van der Waals surface area contributed by atoms with Crippen LogP contribution >= 0.6 is 0 Å². The highest BCUT2D eigenvalue weighted by Gasteiger charge is 2.07. The molecule has 0 saturated carbocycles. The first kappa shape index (κ1) is 15.2. The Morgan fingerprint density at radius 3 is 2.55 bits per heavy atom. The molecular formula is C15H14N4O3. The molecule has 2 amide bonds. The molecule has 2 rings (SSSR count). The Bertz CT molecular complexity index is 714. The van der Waals surface area contributed by atoms with E-state index in [0.29, 0.717) is 17.0 Å². The first-order chi connectivity index (χ1) is 10.6. The topological polar surface area (TPSA) is 96.6 Å². The Balaban J connectivity index is 2.02. The zero-order valence-corrected chi connectivity index (χ0v) is 11.8. The molecule has 2 N–H and O–H groups in total. The predicted octanol–water partition coefficient (Wildman–Crippen LogP) is 3.14. The summed E-state index contributed by atoms with van der Waals surface area (Å²) in [5.74, 6) is 0. The van der Waals surface area contributed by atoms with E-state index < -0.39 is 11.0 Å². The molecule has 0 radical (unpaired) electrons. The molecule has 0 unspecified atom stereocenters. The highest BCUT2D eigenvalue weighted by atomic mass is 16.6. The molecule has 0 aliphatic carbocycles. The Kier molecular flexibility index (Phi) is 4.81. The van der Waals surface area contributed by atoms with Crippen molar-refractivity contribution >= 4 is 23.1 Å². The molecule has 22 heavy (non-hydrogen) atoms. The van der Waals surface area contributed by atoms with E-state index in [2.05, 4.69) is 15.8 Å². The fourth-order valence-electron chi connectivity index (χ4n) is 1.72. The van der Waals surface area contributed by atoms with E-state index in [9.17, 15) is 14.9 Å². The van der Waals surface area contributed by atoms with Crippen LogP contribution in [0.1, 0.15) is 12.5 Å². The quantitative estimate of drug-likeness (QED) is 0.515. The number of hydrazone groups is 1. The van der Waals surface area contributed by atoms with Crippen LogP contribution in [-0.2, 0) is 0 Å². The van der Waals surface area contributed by atoms with Gasteiger partial charge in [-0.2, -0.15) is 5.10 Å². The number of hydrogen-bond donors (Lipinski definition) is 2. The van der Waals surface area contributed by atoms with E-state index in [4.69, 9.17) is 0 Å². The lowest BCUT2D eigenvalue weighted by Crippen LogP contribution is -2.25. The lowest BCUT2D eigenvalue weighted by Gasteiger charge is -2.05. The number of nitro benzene ring substituents is 1. The third kappa shape index (κ3) is 4.14. The van der Waals surface area contributed by atoms with Gasteiger partial charge in [0.05, 0.1) is 10.6 Å². The van der Waals surface area contributed by atoms with Gasteiger partial charge in [-0.3, -0.25) is 10.1 Å². The zero-order chi connectivity index (χ0) is 15.9. The molecule has 0 saturated heterocycles. The predicted molar refractivity (Wildman–Crippen MR) is 83.9 cm³/mol. The maximum atomic E-state index is 11.7. The maximum absolute atomic E-state index is 11.7. The molecule has 112 valence electrons. The molecule has 0 spiro atoms. The van der Waals surface area contributed by atoms with Gasteiger partial charge in [0, 0.05) is 23.4 Å². The highest BCUT2D eigenvalue weighted by Crippen LogP contribution is 2.13. The van der Waals surface area contributed by atoms with Crippen LogP contribution in [0, 0.1) is 10.1 Å². The molecule has 0 aliphatic rings. The fraction of sp³-hybridized carbons (Fsp3) is 0.0667. The number of urea groups is 1. The number of anilines is 1. The van der Waals surface area contributed by atoms with Gasteiger partial charge < -0.3 is 5.32 Å². The van der Waals surface area contributed by atoms with Gasteiger partial charge in [0.1, 0.15) is 0 Å². The van der Waals surface area contributed by atoms with E-state index >= 15 is 0 Å². The summed E-state index contributed by atoms with van der Waals surface area (Å²) in [6.07, 6.45) is 0. The van der Waals surface area contributed by atoms with Gasteiger partial charge in [-0.05, 0) is 19.1 Å². The van der Waals surface area contributed by atoms with Crippen LogP contribution in [0.3, 0.4) is 0 Å². The minimum absolute atomic E-state index is 0.0270. The monoisotopic (exact) mass is 298 g/mol. The molecule has 2 aromatic rings. The summed E-state index contributed by atoms with van der Waals surface area (Å²) >= 11 is 0. The highest BCUT2D eigenvalue weighted by molar-refractivity contribution is 6.00. The second-order valence-corrected chi connectivity index (χ2v) is 4.44. The number of nitrogens with one attached hydrogen (secondary N) is 2. The van der Waals surface area contributed by atoms with Gasteiger partial charge in [-0.1, -0.05) is 30.3 Å². The van der Waals surface area contributed by atoms with Crippen LogP contribution < -0.4 is 10.7 Å². The van der Waals surface area contributed by atoms with Gasteiger partial charge in [0.25, 0.3) is 5.69 Å². The Morgan fingerprint density at radius 1 is 1.14 bits per heavy atom. The van der Waals surface area contributed by atoms with Gasteiger partial charge >= 0.3 is 6.03 Å². The number of nitrogens with zero attached hydrogens (tertiary/aromatic N) is 2. The summed E-state index contributed by atoms with van der Waals surface area (Å²) in [5.41, 5.74) is 3.99. The minimum Gasteiger partial charge on any atom is -0.307 e. The van der Waals surface area contributed by atoms with Gasteiger partial charge in [0.2, 0.25) is 0 Å². The SMILES string of the molecule is C/C(=N/NC(=O)Nc1ccccc1)c1cccc([N+](=O)[O-])c1. The molecule has 7 heteroatoms. The maximum Gasteiger partial charge on any atom is 0.339 e. The second kappa shape index (κ2) is 6.98. The Morgan fingerprint density at radius 2 is 1.86 bits per heavy atom. The summed E-state index contributed by atoms with van der Waals surface area (Å²) in [6, 6.07) is 14.5. The number of amides is 2. The number of hydrogen-bond acceptors (Lipinski definition) is 4. The van der Waals surface area contributed by atoms with Crippen molar-refractivity contribution in [3.05, 3.63) is 70.3 Å². The first-order valence-corrected chi connectivity index (χ1v) is 6.47. The van der Waals surface area contributed by atoms with E-state index in [1.165, 1.54) is 12.1 Å². The Labute approximate surface area is 126 Å². The van der Waals surface area contributed by atoms with Crippen LogP contribution in [0.15, 0.2) is 59.7 Å². The van der Waals surface area contributed by atoms with E-state index in [1.807, 2.05) is 6.07 Å². The number of nitro groups is 1. The smallest absolute Gasteiger partial charge is 0.307 e. The number of carbonyl (C=O) groups is 1. The molecule has 0 atom stereocenters. The van der Waals surface area contributed by atoms with Crippen LogP contribution in [0.4, 0.5) is 16.2 Å². The summed E-state index contributed by atoms with van der Waals surface area (Å²) in [6.45, 7) is 1.65. The average Bonchev–Trinajstić information content (AvgIpc) is 2.53. The molecule has 2 aromatic carbocycles. The summed E-state index contributed by atoms with van der Waals surface area (Å²) in [7, 11) is 0. The van der Waals surface area contributed by atoms with Crippen LogP contribution in [0.2, 0.25) is 0 Å².